The van der Waals surface area contributed by atoms with Crippen LogP contribution in [0.1, 0.15) is 46.4 Å². The van der Waals surface area contributed by atoms with Crippen LogP contribution in [-0.4, -0.2) is 47.4 Å². The first kappa shape index (κ1) is 16.3. The van der Waals surface area contributed by atoms with Crippen LogP contribution in [0, 0.1) is 0 Å². The van der Waals surface area contributed by atoms with Crippen molar-refractivity contribution < 1.29 is 19.2 Å². The van der Waals surface area contributed by atoms with Gasteiger partial charge in [-0.2, -0.15) is 0 Å². The molecule has 2 aliphatic heterocycles. The highest BCUT2D eigenvalue weighted by atomic mass is 16.2. The Hall–Kier alpha value is -2.54. The second-order valence-corrected chi connectivity index (χ2v) is 6.20. The quantitative estimate of drug-likeness (QED) is 0.463. The molecule has 3 unspecified atom stereocenters. The maximum absolute atomic E-state index is 12.7. The van der Waals surface area contributed by atoms with Crippen LogP contribution in [0.2, 0.25) is 0 Å². The van der Waals surface area contributed by atoms with Gasteiger partial charge < -0.3 is 20.6 Å². The number of benzene rings is 1. The van der Waals surface area contributed by atoms with Crippen LogP contribution in [0.25, 0.3) is 0 Å². The van der Waals surface area contributed by atoms with Crippen molar-refractivity contribution in [2.75, 3.05) is 5.73 Å². The van der Waals surface area contributed by atoms with Crippen LogP contribution in [0.4, 0.5) is 5.69 Å². The van der Waals surface area contributed by atoms with Crippen molar-refractivity contribution in [3.05, 3.63) is 29.3 Å². The number of nitrogens with two attached hydrogens (primary N) is 1. The summed E-state index contributed by atoms with van der Waals surface area (Å²) in [7, 11) is 0. The lowest BCUT2D eigenvalue weighted by molar-refractivity contribution is -0.108. The number of nitrogens with zero attached hydrogens (tertiary/aromatic N) is 1. The normalized spacial score (nSPS) is 26.3. The van der Waals surface area contributed by atoms with E-state index in [0.717, 1.165) is 12.6 Å². The fourth-order valence-electron chi connectivity index (χ4n) is 3.59. The maximum Gasteiger partial charge on any atom is 0.261 e. The van der Waals surface area contributed by atoms with Crippen LogP contribution in [-0.2, 0) is 9.59 Å². The minimum absolute atomic E-state index is 0.0328. The summed E-state index contributed by atoms with van der Waals surface area (Å²) >= 11 is 0. The van der Waals surface area contributed by atoms with E-state index in [1.165, 1.54) is 11.0 Å². The highest BCUT2D eigenvalue weighted by Crippen LogP contribution is 2.31. The molecule has 1 fully saturated rings. The van der Waals surface area contributed by atoms with Crippen molar-refractivity contribution in [1.82, 2.24) is 10.2 Å². The number of nitrogens with one attached hydrogen (secondary N) is 1. The van der Waals surface area contributed by atoms with Gasteiger partial charge in [-0.05, 0) is 31.0 Å². The molecule has 126 valence electrons. The SMILES string of the molecule is Nc1ccc2c(c1)C(=O)N(C1CCC(CC=O)NC1CC=O)C2=O. The van der Waals surface area contributed by atoms with E-state index in [1.54, 1.807) is 12.1 Å². The molecule has 3 atom stereocenters. The van der Waals surface area contributed by atoms with Crippen molar-refractivity contribution in [2.24, 2.45) is 0 Å². The third kappa shape index (κ3) is 2.71. The first-order valence-electron chi connectivity index (χ1n) is 7.97. The Kier molecular flexibility index (Phi) is 4.44. The topological polar surface area (TPSA) is 110 Å². The fourth-order valence-corrected chi connectivity index (χ4v) is 3.59. The van der Waals surface area contributed by atoms with Gasteiger partial charge in [0.1, 0.15) is 12.6 Å². The van der Waals surface area contributed by atoms with E-state index in [1.807, 2.05) is 0 Å². The molecular weight excluding hydrogens is 310 g/mol. The van der Waals surface area contributed by atoms with Crippen molar-refractivity contribution in [3.63, 3.8) is 0 Å². The lowest BCUT2D eigenvalue weighted by atomic mass is 9.89. The van der Waals surface area contributed by atoms with Crippen molar-refractivity contribution in [2.45, 2.75) is 43.8 Å². The molecule has 0 aromatic heterocycles. The molecule has 0 spiro atoms. The van der Waals surface area contributed by atoms with Crippen LogP contribution < -0.4 is 11.1 Å². The van der Waals surface area contributed by atoms with Gasteiger partial charge in [-0.25, -0.2) is 0 Å². The van der Waals surface area contributed by atoms with Gasteiger partial charge in [-0.1, -0.05) is 0 Å². The average molecular weight is 329 g/mol. The summed E-state index contributed by atoms with van der Waals surface area (Å²) in [5, 5.41) is 3.23. The molecule has 7 nitrogen and oxygen atoms in total. The molecule has 0 aliphatic carbocycles. The summed E-state index contributed by atoms with van der Waals surface area (Å²) in [5.41, 5.74) is 6.79. The van der Waals surface area contributed by atoms with E-state index in [9.17, 15) is 19.2 Å². The van der Waals surface area contributed by atoms with Crippen LogP contribution >= 0.6 is 0 Å². The van der Waals surface area contributed by atoms with Gasteiger partial charge in [0.25, 0.3) is 11.8 Å². The number of imide groups is 1. The number of piperidine rings is 1. The smallest absolute Gasteiger partial charge is 0.261 e. The fraction of sp³-hybridized carbons (Fsp3) is 0.412. The molecule has 1 aromatic carbocycles. The molecule has 2 heterocycles. The number of carbonyl (C=O) groups excluding carboxylic acids is 4. The minimum atomic E-state index is -0.410. The number of rotatable bonds is 5. The van der Waals surface area contributed by atoms with Crippen LogP contribution in [0.5, 0.6) is 0 Å². The standard InChI is InChI=1S/C17H19N3O4/c18-10-1-3-12-13(9-10)17(24)20(16(12)23)15-4-2-11(5-7-21)19-14(15)6-8-22/h1,3,7-9,11,14-15,19H,2,4-6,18H2. The molecular formula is C17H19N3O4. The highest BCUT2D eigenvalue weighted by Gasteiger charge is 2.44. The Balaban J connectivity index is 1.87. The molecule has 3 rings (SSSR count). The number of aldehydes is 2. The molecule has 2 amide bonds. The van der Waals surface area contributed by atoms with E-state index in [-0.39, 0.29) is 30.3 Å². The summed E-state index contributed by atoms with van der Waals surface area (Å²) in [6.45, 7) is 0. The Bertz CT molecular complexity index is 703. The van der Waals surface area contributed by atoms with E-state index in [0.29, 0.717) is 36.1 Å². The molecule has 2 aliphatic rings. The minimum Gasteiger partial charge on any atom is -0.399 e. The first-order chi connectivity index (χ1) is 11.6. The van der Waals surface area contributed by atoms with Crippen LogP contribution in [0.3, 0.4) is 0 Å². The molecule has 0 saturated carbocycles. The van der Waals surface area contributed by atoms with E-state index >= 15 is 0 Å². The zero-order chi connectivity index (χ0) is 17.3. The summed E-state index contributed by atoms with van der Waals surface area (Å²) in [6.07, 6.45) is 3.35. The number of hydrogen-bond acceptors (Lipinski definition) is 6. The zero-order valence-electron chi connectivity index (χ0n) is 13.1. The third-order valence-corrected chi connectivity index (χ3v) is 4.73. The number of nitrogen functional groups attached to an aromatic ring is 1. The lowest BCUT2D eigenvalue weighted by Crippen LogP contribution is -2.58. The largest absolute Gasteiger partial charge is 0.399 e. The van der Waals surface area contributed by atoms with Gasteiger partial charge in [0.05, 0.1) is 17.2 Å². The Morgan fingerprint density at radius 2 is 1.79 bits per heavy atom. The average Bonchev–Trinajstić information content (AvgIpc) is 2.80. The number of carbonyl (C=O) groups is 4. The molecule has 0 radical (unpaired) electrons. The van der Waals surface area contributed by atoms with Gasteiger partial charge in [0, 0.05) is 30.6 Å². The Labute approximate surface area is 139 Å². The molecule has 1 aromatic rings. The van der Waals surface area contributed by atoms with E-state index in [2.05, 4.69) is 5.32 Å². The summed E-state index contributed by atoms with van der Waals surface area (Å²) in [6, 6.07) is 3.87. The van der Waals surface area contributed by atoms with Crippen molar-refractivity contribution >= 4 is 30.1 Å². The second kappa shape index (κ2) is 6.52. The summed E-state index contributed by atoms with van der Waals surface area (Å²) < 4.78 is 0. The molecule has 1 saturated heterocycles. The molecule has 7 heteroatoms. The number of anilines is 1. The Morgan fingerprint density at radius 3 is 2.50 bits per heavy atom. The van der Waals surface area contributed by atoms with Crippen molar-refractivity contribution in [1.29, 1.82) is 0 Å². The third-order valence-electron chi connectivity index (χ3n) is 4.73. The van der Waals surface area contributed by atoms with E-state index in [4.69, 9.17) is 5.73 Å². The van der Waals surface area contributed by atoms with Gasteiger partial charge >= 0.3 is 0 Å². The summed E-state index contributed by atoms with van der Waals surface area (Å²) in [5.74, 6) is -0.731. The van der Waals surface area contributed by atoms with Gasteiger partial charge in [-0.3, -0.25) is 14.5 Å². The number of fused-ring (bicyclic) bond motifs is 1. The summed E-state index contributed by atoms with van der Waals surface area (Å²) in [4.78, 5) is 48.3. The van der Waals surface area contributed by atoms with Gasteiger partial charge in [0.15, 0.2) is 0 Å². The molecule has 24 heavy (non-hydrogen) atoms. The predicted molar refractivity (Wildman–Crippen MR) is 86.5 cm³/mol. The van der Waals surface area contributed by atoms with Crippen molar-refractivity contribution in [3.8, 4) is 0 Å². The lowest BCUT2D eigenvalue weighted by Gasteiger charge is -2.40. The van der Waals surface area contributed by atoms with E-state index < -0.39 is 6.04 Å². The van der Waals surface area contributed by atoms with Gasteiger partial charge in [0.2, 0.25) is 0 Å². The zero-order valence-corrected chi connectivity index (χ0v) is 13.1. The monoisotopic (exact) mass is 329 g/mol. The predicted octanol–water partition coefficient (Wildman–Crippen LogP) is 0.532. The maximum atomic E-state index is 12.7. The number of amides is 2. The van der Waals surface area contributed by atoms with Gasteiger partial charge in [-0.15, -0.1) is 0 Å². The molecule has 3 N–H and O–H groups in total. The second-order valence-electron chi connectivity index (χ2n) is 6.20. The van der Waals surface area contributed by atoms with Crippen LogP contribution in [0.15, 0.2) is 18.2 Å². The Morgan fingerprint density at radius 1 is 1.08 bits per heavy atom. The molecule has 0 bridgehead atoms. The highest BCUT2D eigenvalue weighted by molar-refractivity contribution is 6.22. The first-order valence-corrected chi connectivity index (χ1v) is 7.97. The number of hydrogen-bond donors (Lipinski definition) is 2.